The molecule has 1 nitrogen and oxygen atoms in total. The first-order valence-electron chi connectivity index (χ1n) is 21.8. The highest BCUT2D eigenvalue weighted by atomic mass is 16.3. The number of rotatable bonds is 3. The van der Waals surface area contributed by atoms with Crippen LogP contribution < -0.4 is 0 Å². The predicted octanol–water partition coefficient (Wildman–Crippen LogP) is 15.8. The fourth-order valence-electron chi connectivity index (χ4n) is 13.5. The Balaban J connectivity index is 0.944. The summed E-state index contributed by atoms with van der Waals surface area (Å²) >= 11 is 0. The van der Waals surface area contributed by atoms with Crippen molar-refractivity contribution in [1.29, 1.82) is 0 Å². The van der Waals surface area contributed by atoms with Gasteiger partial charge in [-0.1, -0.05) is 133 Å². The van der Waals surface area contributed by atoms with Crippen molar-refractivity contribution in [3.8, 4) is 44.5 Å². The van der Waals surface area contributed by atoms with Gasteiger partial charge in [-0.2, -0.15) is 0 Å². The number of fused-ring (bicyclic) bond motifs is 9. The number of hydrogen-bond acceptors (Lipinski definition) is 1. The minimum absolute atomic E-state index is 0.138. The molecule has 59 heavy (non-hydrogen) atoms. The van der Waals surface area contributed by atoms with Gasteiger partial charge < -0.3 is 4.42 Å². The van der Waals surface area contributed by atoms with Crippen LogP contribution in [-0.2, 0) is 5.41 Å². The summed E-state index contributed by atoms with van der Waals surface area (Å²) in [5, 5.41) is 10.3. The molecule has 0 saturated heterocycles. The molecular weight excluding hydrogens is 713 g/mol. The molecule has 4 saturated carbocycles. The van der Waals surface area contributed by atoms with Gasteiger partial charge in [0.1, 0.15) is 11.2 Å². The molecule has 0 atom stereocenters. The van der Waals surface area contributed by atoms with Gasteiger partial charge in [-0.3, -0.25) is 0 Å². The highest BCUT2D eigenvalue weighted by molar-refractivity contribution is 6.21. The first-order valence-corrected chi connectivity index (χ1v) is 21.8. The minimum Gasteiger partial charge on any atom is -0.456 e. The van der Waals surface area contributed by atoms with E-state index in [0.29, 0.717) is 0 Å². The van der Waals surface area contributed by atoms with E-state index in [-0.39, 0.29) is 5.41 Å². The third kappa shape index (κ3) is 4.40. The number of hydrogen-bond donors (Lipinski definition) is 0. The average Bonchev–Trinajstić information content (AvgIpc) is 3.79. The van der Waals surface area contributed by atoms with Crippen molar-refractivity contribution in [2.24, 2.45) is 23.7 Å². The van der Waals surface area contributed by atoms with Crippen LogP contribution in [0.15, 0.2) is 174 Å². The van der Waals surface area contributed by atoms with Crippen LogP contribution in [0.4, 0.5) is 0 Å². The summed E-state index contributed by atoms with van der Waals surface area (Å²) in [4.78, 5) is 0. The van der Waals surface area contributed by atoms with Gasteiger partial charge in [0.2, 0.25) is 0 Å². The third-order valence-corrected chi connectivity index (χ3v) is 15.6. The molecule has 5 aliphatic rings. The van der Waals surface area contributed by atoms with Gasteiger partial charge in [-0.25, -0.2) is 0 Å². The van der Waals surface area contributed by atoms with E-state index < -0.39 is 0 Å². The number of para-hydroxylation sites is 1. The lowest BCUT2D eigenvalue weighted by molar-refractivity contribution is -0.0398. The summed E-state index contributed by atoms with van der Waals surface area (Å²) in [6.07, 6.45) is 7.06. The maximum atomic E-state index is 6.14. The number of furan rings is 1. The van der Waals surface area contributed by atoms with E-state index in [1.54, 1.807) is 11.1 Å². The van der Waals surface area contributed by atoms with E-state index in [1.807, 2.05) is 12.1 Å². The second-order valence-electron chi connectivity index (χ2n) is 18.4. The summed E-state index contributed by atoms with van der Waals surface area (Å²) in [5.41, 5.74) is 15.8. The fourth-order valence-corrected chi connectivity index (χ4v) is 13.5. The molecule has 15 rings (SSSR count). The second-order valence-corrected chi connectivity index (χ2v) is 18.4. The Kier molecular flexibility index (Phi) is 6.52. The molecule has 280 valence electrons. The summed E-state index contributed by atoms with van der Waals surface area (Å²) in [5.74, 6) is 3.34. The Morgan fingerprint density at radius 1 is 0.356 bits per heavy atom. The van der Waals surface area contributed by atoms with Crippen molar-refractivity contribution in [3.05, 3.63) is 181 Å². The van der Waals surface area contributed by atoms with E-state index in [2.05, 4.69) is 158 Å². The van der Waals surface area contributed by atoms with Crippen molar-refractivity contribution in [2.75, 3.05) is 0 Å². The normalized spacial score (nSPS) is 22.6. The Hall–Kier alpha value is -6.44. The van der Waals surface area contributed by atoms with Gasteiger partial charge in [0, 0.05) is 16.2 Å². The van der Waals surface area contributed by atoms with Crippen molar-refractivity contribution in [1.82, 2.24) is 0 Å². The monoisotopic (exact) mass is 754 g/mol. The molecule has 0 unspecified atom stereocenters. The summed E-state index contributed by atoms with van der Waals surface area (Å²) in [6, 6.07) is 64.3. The van der Waals surface area contributed by atoms with Gasteiger partial charge in [-0.05, 0) is 180 Å². The lowest BCUT2D eigenvalue weighted by atomic mass is 9.43. The summed E-state index contributed by atoms with van der Waals surface area (Å²) in [6.45, 7) is 0. The van der Waals surface area contributed by atoms with E-state index in [9.17, 15) is 0 Å². The third-order valence-electron chi connectivity index (χ3n) is 15.6. The molecule has 1 aromatic heterocycles. The molecule has 0 N–H and O–H groups in total. The Morgan fingerprint density at radius 3 is 1.54 bits per heavy atom. The SMILES string of the molecule is c1ccc2cc3c(cc2c1)-c1cc(-c2c4ccccc4c(-c4ccc(-c5ccc6oc7ccccc7c6c5)cc4)c4ccccc24)ccc1C31C2CC3CC(C2)CC1C3. The van der Waals surface area contributed by atoms with Crippen LogP contribution in [0.5, 0.6) is 0 Å². The van der Waals surface area contributed by atoms with E-state index >= 15 is 0 Å². The minimum atomic E-state index is 0.138. The molecule has 4 fully saturated rings. The Labute approximate surface area is 343 Å². The first-order chi connectivity index (χ1) is 29.2. The molecule has 0 aliphatic heterocycles. The lowest BCUT2D eigenvalue weighted by Crippen LogP contribution is -2.55. The number of benzene rings is 9. The van der Waals surface area contributed by atoms with Crippen LogP contribution in [0.2, 0.25) is 0 Å². The van der Waals surface area contributed by atoms with Gasteiger partial charge in [0.05, 0.1) is 0 Å². The lowest BCUT2D eigenvalue weighted by Gasteiger charge is -2.61. The largest absolute Gasteiger partial charge is 0.456 e. The first kappa shape index (κ1) is 32.5. The fraction of sp³-hybridized carbons (Fsp3) is 0.172. The van der Waals surface area contributed by atoms with Crippen LogP contribution in [0.1, 0.15) is 43.2 Å². The zero-order valence-corrected chi connectivity index (χ0v) is 32.9. The van der Waals surface area contributed by atoms with Gasteiger partial charge >= 0.3 is 0 Å². The highest BCUT2D eigenvalue weighted by Gasteiger charge is 2.61. The van der Waals surface area contributed by atoms with Gasteiger partial charge in [0.25, 0.3) is 0 Å². The maximum absolute atomic E-state index is 6.14. The standard InChI is InChI=1S/C58H42O/c1-2-10-39-33-53-50(30-38(39)9-1)49-32-41(21-23-52(49)58(53)42-26-34-25-35(28-42)29-43(58)27-34)57-47-14-5-3-12-45(47)56(46-13-4-6-15-48(46)57)37-19-17-36(18-20-37)40-22-24-55-51(31-40)44-11-7-8-16-54(44)59-55/h1-24,30-35,42-43H,25-29H2. The topological polar surface area (TPSA) is 13.1 Å². The molecule has 0 amide bonds. The van der Waals surface area contributed by atoms with Crippen molar-refractivity contribution < 1.29 is 4.42 Å². The van der Waals surface area contributed by atoms with E-state index in [0.717, 1.165) is 45.6 Å². The molecule has 9 aromatic carbocycles. The predicted molar refractivity (Wildman–Crippen MR) is 246 cm³/mol. The van der Waals surface area contributed by atoms with Crippen LogP contribution in [-0.4, -0.2) is 0 Å². The molecular formula is C58H42O. The molecule has 0 radical (unpaired) electrons. The maximum Gasteiger partial charge on any atom is 0.135 e. The molecule has 1 spiro atoms. The highest BCUT2D eigenvalue weighted by Crippen LogP contribution is 2.70. The molecule has 10 aromatic rings. The quantitative estimate of drug-likeness (QED) is 0.164. The van der Waals surface area contributed by atoms with Gasteiger partial charge in [-0.15, -0.1) is 0 Å². The van der Waals surface area contributed by atoms with Crippen molar-refractivity contribution in [3.63, 3.8) is 0 Å². The molecule has 5 aliphatic carbocycles. The summed E-state index contributed by atoms with van der Waals surface area (Å²) in [7, 11) is 0. The Morgan fingerprint density at radius 2 is 0.864 bits per heavy atom. The van der Waals surface area contributed by atoms with E-state index in [4.69, 9.17) is 4.42 Å². The van der Waals surface area contributed by atoms with E-state index in [1.165, 1.54) is 109 Å². The molecule has 1 heteroatoms. The zero-order valence-electron chi connectivity index (χ0n) is 32.9. The van der Waals surface area contributed by atoms with Crippen molar-refractivity contribution >= 4 is 54.3 Å². The van der Waals surface area contributed by atoms with Crippen LogP contribution >= 0.6 is 0 Å². The molecule has 4 bridgehead atoms. The zero-order chi connectivity index (χ0) is 38.4. The van der Waals surface area contributed by atoms with Crippen LogP contribution in [0.3, 0.4) is 0 Å². The van der Waals surface area contributed by atoms with Crippen LogP contribution in [0, 0.1) is 23.7 Å². The second kappa shape index (κ2) is 11.8. The van der Waals surface area contributed by atoms with Crippen LogP contribution in [0.25, 0.3) is 98.8 Å². The average molecular weight is 755 g/mol. The smallest absolute Gasteiger partial charge is 0.135 e. The molecule has 1 heterocycles. The van der Waals surface area contributed by atoms with Gasteiger partial charge in [0.15, 0.2) is 0 Å². The van der Waals surface area contributed by atoms with Crippen molar-refractivity contribution in [2.45, 2.75) is 37.5 Å². The summed E-state index contributed by atoms with van der Waals surface area (Å²) < 4.78 is 6.14. The Bertz CT molecular complexity index is 3310.